The Labute approximate surface area is 127 Å². The third kappa shape index (κ3) is 2.60. The summed E-state index contributed by atoms with van der Waals surface area (Å²) in [4.78, 5) is 4.48. The van der Waals surface area contributed by atoms with Crippen LogP contribution in [0.2, 0.25) is 0 Å². The molecule has 3 nitrogen and oxygen atoms in total. The number of aromatic nitrogens is 2. The summed E-state index contributed by atoms with van der Waals surface area (Å²) in [6, 6.07) is 12.1. The van der Waals surface area contributed by atoms with Crippen LogP contribution in [-0.2, 0) is 6.42 Å². The van der Waals surface area contributed by atoms with E-state index in [4.69, 9.17) is 5.73 Å². The summed E-state index contributed by atoms with van der Waals surface area (Å²) in [5.41, 5.74) is 7.88. The molecule has 0 saturated carbocycles. The Morgan fingerprint density at radius 3 is 2.50 bits per heavy atom. The number of nitrogens with two attached hydrogens (primary N) is 1. The largest absolute Gasteiger partial charge is 0.328 e. The van der Waals surface area contributed by atoms with Crippen LogP contribution in [0, 0.1) is 11.6 Å². The Morgan fingerprint density at radius 1 is 1.14 bits per heavy atom. The fraction of sp³-hybridized carbons (Fsp3) is 0.235. The second-order valence-corrected chi connectivity index (χ2v) is 5.40. The van der Waals surface area contributed by atoms with Crippen LogP contribution < -0.4 is 5.73 Å². The van der Waals surface area contributed by atoms with E-state index in [1.54, 1.807) is 0 Å². The number of rotatable bonds is 4. The molecule has 0 fully saturated rings. The van der Waals surface area contributed by atoms with Crippen molar-refractivity contribution in [1.82, 2.24) is 9.55 Å². The Kier molecular flexibility index (Phi) is 3.90. The zero-order valence-corrected chi connectivity index (χ0v) is 12.3. The van der Waals surface area contributed by atoms with Crippen molar-refractivity contribution in [2.75, 3.05) is 6.54 Å². The third-order valence-electron chi connectivity index (χ3n) is 3.79. The minimum Gasteiger partial charge on any atom is -0.328 e. The molecule has 0 aliphatic rings. The van der Waals surface area contributed by atoms with E-state index in [1.165, 1.54) is 6.07 Å². The molecule has 0 amide bonds. The lowest BCUT2D eigenvalue weighted by atomic mass is 10.1. The fourth-order valence-electron chi connectivity index (χ4n) is 2.64. The van der Waals surface area contributed by atoms with Gasteiger partial charge < -0.3 is 10.3 Å². The first kappa shape index (κ1) is 14.7. The van der Waals surface area contributed by atoms with Gasteiger partial charge in [-0.25, -0.2) is 13.8 Å². The van der Waals surface area contributed by atoms with Crippen LogP contribution in [0.5, 0.6) is 0 Å². The minimum absolute atomic E-state index is 0.0476. The lowest BCUT2D eigenvalue weighted by Gasteiger charge is -2.16. The Balaban J connectivity index is 2.15. The molecular weight excluding hydrogens is 284 g/mol. The van der Waals surface area contributed by atoms with Gasteiger partial charge >= 0.3 is 0 Å². The van der Waals surface area contributed by atoms with Crippen molar-refractivity contribution in [1.29, 1.82) is 0 Å². The van der Waals surface area contributed by atoms with Crippen molar-refractivity contribution in [2.45, 2.75) is 19.4 Å². The van der Waals surface area contributed by atoms with Gasteiger partial charge in [0, 0.05) is 31.1 Å². The summed E-state index contributed by atoms with van der Waals surface area (Å²) in [6.45, 7) is 2.34. The second-order valence-electron chi connectivity index (χ2n) is 5.40. The first-order valence-corrected chi connectivity index (χ1v) is 7.20. The summed E-state index contributed by atoms with van der Waals surface area (Å²) < 4.78 is 28.9. The molecule has 1 atom stereocenters. The number of hydrogen-bond acceptors (Lipinski definition) is 2. The van der Waals surface area contributed by atoms with Crippen LogP contribution in [0.25, 0.3) is 11.0 Å². The van der Waals surface area contributed by atoms with Crippen molar-refractivity contribution < 1.29 is 8.78 Å². The van der Waals surface area contributed by atoms with E-state index in [2.05, 4.69) is 4.98 Å². The van der Waals surface area contributed by atoms with Crippen molar-refractivity contribution >= 4 is 11.0 Å². The quantitative estimate of drug-likeness (QED) is 0.802. The van der Waals surface area contributed by atoms with E-state index >= 15 is 0 Å². The third-order valence-corrected chi connectivity index (χ3v) is 3.79. The van der Waals surface area contributed by atoms with Gasteiger partial charge in [-0.1, -0.05) is 30.3 Å². The summed E-state index contributed by atoms with van der Waals surface area (Å²) in [6.07, 6.45) is 0.586. The van der Waals surface area contributed by atoms with E-state index in [1.807, 2.05) is 41.8 Å². The summed E-state index contributed by atoms with van der Waals surface area (Å²) >= 11 is 0. The molecular formula is C17H17F2N3. The Morgan fingerprint density at radius 2 is 1.82 bits per heavy atom. The van der Waals surface area contributed by atoms with Gasteiger partial charge in [0.15, 0.2) is 11.6 Å². The van der Waals surface area contributed by atoms with Crippen molar-refractivity contribution in [2.24, 2.45) is 5.73 Å². The van der Waals surface area contributed by atoms with E-state index in [9.17, 15) is 8.78 Å². The number of fused-ring (bicyclic) bond motifs is 1. The van der Waals surface area contributed by atoms with Crippen LogP contribution in [0.3, 0.4) is 0 Å². The van der Waals surface area contributed by atoms with E-state index in [0.717, 1.165) is 17.5 Å². The highest BCUT2D eigenvalue weighted by atomic mass is 19.2. The lowest BCUT2D eigenvalue weighted by molar-refractivity contribution is 0.508. The molecule has 2 N–H and O–H groups in total. The zero-order valence-electron chi connectivity index (χ0n) is 12.3. The van der Waals surface area contributed by atoms with E-state index in [-0.39, 0.29) is 6.04 Å². The molecule has 0 radical (unpaired) electrons. The van der Waals surface area contributed by atoms with Gasteiger partial charge in [0.1, 0.15) is 5.82 Å². The average molecular weight is 301 g/mol. The van der Waals surface area contributed by atoms with Crippen LogP contribution in [0.4, 0.5) is 8.78 Å². The first-order chi connectivity index (χ1) is 10.6. The molecule has 0 spiro atoms. The second kappa shape index (κ2) is 5.85. The molecule has 1 unspecified atom stereocenters. The van der Waals surface area contributed by atoms with Gasteiger partial charge in [0.2, 0.25) is 0 Å². The van der Waals surface area contributed by atoms with Crippen molar-refractivity contribution in [3.8, 4) is 0 Å². The van der Waals surface area contributed by atoms with Gasteiger partial charge in [0.05, 0.1) is 11.0 Å². The van der Waals surface area contributed by atoms with E-state index in [0.29, 0.717) is 24.0 Å². The summed E-state index contributed by atoms with van der Waals surface area (Å²) in [7, 11) is 0. The number of hydrogen-bond donors (Lipinski definition) is 1. The predicted octanol–water partition coefficient (Wildman–Crippen LogP) is 3.43. The maximum absolute atomic E-state index is 13.6. The zero-order chi connectivity index (χ0) is 15.7. The highest BCUT2D eigenvalue weighted by molar-refractivity contribution is 5.76. The first-order valence-electron chi connectivity index (χ1n) is 7.20. The highest BCUT2D eigenvalue weighted by Crippen LogP contribution is 2.25. The van der Waals surface area contributed by atoms with Crippen LogP contribution >= 0.6 is 0 Å². The number of imidazole rings is 1. The van der Waals surface area contributed by atoms with Gasteiger partial charge in [-0.05, 0) is 12.5 Å². The molecule has 0 aliphatic heterocycles. The van der Waals surface area contributed by atoms with Gasteiger partial charge in [-0.2, -0.15) is 0 Å². The topological polar surface area (TPSA) is 43.8 Å². The fourth-order valence-corrected chi connectivity index (χ4v) is 2.64. The van der Waals surface area contributed by atoms with Crippen LogP contribution in [-0.4, -0.2) is 16.1 Å². The smallest absolute Gasteiger partial charge is 0.161 e. The molecule has 0 bridgehead atoms. The summed E-state index contributed by atoms with van der Waals surface area (Å²) in [5, 5.41) is 0. The maximum Gasteiger partial charge on any atom is 0.161 e. The lowest BCUT2D eigenvalue weighted by Crippen LogP contribution is -2.18. The van der Waals surface area contributed by atoms with Gasteiger partial charge in [-0.15, -0.1) is 0 Å². The molecule has 0 aliphatic carbocycles. The molecule has 5 heteroatoms. The number of halogens is 2. The molecule has 1 heterocycles. The predicted molar refractivity (Wildman–Crippen MR) is 82.7 cm³/mol. The highest BCUT2D eigenvalue weighted by Gasteiger charge is 2.17. The molecule has 22 heavy (non-hydrogen) atoms. The molecule has 1 aromatic heterocycles. The Bertz CT molecular complexity index is 797. The number of nitrogens with zero attached hydrogens (tertiary/aromatic N) is 2. The van der Waals surface area contributed by atoms with E-state index < -0.39 is 11.6 Å². The van der Waals surface area contributed by atoms with Crippen LogP contribution in [0.15, 0.2) is 42.5 Å². The van der Waals surface area contributed by atoms with Crippen molar-refractivity contribution in [3.05, 3.63) is 65.5 Å². The standard InChI is InChI=1S/C17H17F2N3/c1-11(10-20)22-16-9-14(19)13(18)8-15(16)21-17(22)7-12-5-3-2-4-6-12/h2-6,8-9,11H,7,10,20H2,1H3. The van der Waals surface area contributed by atoms with Crippen molar-refractivity contribution in [3.63, 3.8) is 0 Å². The monoisotopic (exact) mass is 301 g/mol. The normalized spacial score (nSPS) is 12.7. The number of benzene rings is 2. The molecule has 3 rings (SSSR count). The van der Waals surface area contributed by atoms with Gasteiger partial charge in [0.25, 0.3) is 0 Å². The molecule has 0 saturated heterocycles. The summed E-state index contributed by atoms with van der Waals surface area (Å²) in [5.74, 6) is -1.00. The average Bonchev–Trinajstić information content (AvgIpc) is 2.85. The van der Waals surface area contributed by atoms with Gasteiger partial charge in [-0.3, -0.25) is 0 Å². The molecule has 3 aromatic rings. The SMILES string of the molecule is CC(CN)n1c(Cc2ccccc2)nc2cc(F)c(F)cc21. The Hall–Kier alpha value is -2.27. The minimum atomic E-state index is -0.885. The molecule has 2 aromatic carbocycles. The maximum atomic E-state index is 13.6. The molecule has 114 valence electrons. The van der Waals surface area contributed by atoms with Crippen LogP contribution in [0.1, 0.15) is 24.4 Å².